The second kappa shape index (κ2) is 3.05. The van der Waals surface area contributed by atoms with Crippen LogP contribution < -0.4 is 5.73 Å². The highest BCUT2D eigenvalue weighted by atomic mass is 35.5. The molecule has 12 heavy (non-hydrogen) atoms. The maximum Gasteiger partial charge on any atom is 0.135 e. The maximum absolute atomic E-state index is 5.78. The number of nitrogens with zero attached hydrogens (tertiary/aromatic N) is 1. The van der Waals surface area contributed by atoms with E-state index in [0.29, 0.717) is 5.82 Å². The summed E-state index contributed by atoms with van der Waals surface area (Å²) in [7, 11) is 0. The van der Waals surface area contributed by atoms with Crippen molar-refractivity contribution in [1.82, 2.24) is 4.98 Å². The molecule has 0 fully saturated rings. The first-order valence-corrected chi connectivity index (χ1v) is 5.30. The average molecular weight is 217 g/mol. The number of thiazole rings is 1. The van der Waals surface area contributed by atoms with Crippen molar-refractivity contribution in [3.8, 4) is 9.88 Å². The van der Waals surface area contributed by atoms with Crippen LogP contribution in [-0.2, 0) is 0 Å². The summed E-state index contributed by atoms with van der Waals surface area (Å²) in [5.41, 5.74) is 5.49. The summed E-state index contributed by atoms with van der Waals surface area (Å²) in [4.78, 5) is 5.21. The van der Waals surface area contributed by atoms with E-state index in [2.05, 4.69) is 4.98 Å². The Morgan fingerprint density at radius 2 is 2.25 bits per heavy atom. The Kier molecular flexibility index (Phi) is 2.04. The van der Waals surface area contributed by atoms with Crippen molar-refractivity contribution in [3.05, 3.63) is 21.8 Å². The summed E-state index contributed by atoms with van der Waals surface area (Å²) < 4.78 is 0.777. The van der Waals surface area contributed by atoms with Crippen molar-refractivity contribution in [3.63, 3.8) is 0 Å². The van der Waals surface area contributed by atoms with E-state index in [1.165, 1.54) is 22.7 Å². The minimum absolute atomic E-state index is 0.569. The second-order valence-electron chi connectivity index (χ2n) is 2.18. The zero-order chi connectivity index (χ0) is 8.55. The smallest absolute Gasteiger partial charge is 0.135 e. The van der Waals surface area contributed by atoms with Crippen LogP contribution in [0.3, 0.4) is 0 Å². The molecule has 0 bridgehead atoms. The molecular weight excluding hydrogens is 212 g/mol. The van der Waals surface area contributed by atoms with Gasteiger partial charge in [0.25, 0.3) is 0 Å². The molecule has 0 radical (unpaired) electrons. The molecule has 0 amide bonds. The number of nitrogen functional groups attached to an aromatic ring is 1. The minimum Gasteiger partial charge on any atom is -0.383 e. The van der Waals surface area contributed by atoms with Gasteiger partial charge in [-0.15, -0.1) is 22.7 Å². The lowest BCUT2D eigenvalue weighted by Gasteiger charge is -1.85. The van der Waals surface area contributed by atoms with Gasteiger partial charge in [0.05, 0.1) is 9.21 Å². The van der Waals surface area contributed by atoms with E-state index in [0.717, 1.165) is 14.2 Å². The Balaban J connectivity index is 2.43. The summed E-state index contributed by atoms with van der Waals surface area (Å²) in [5.74, 6) is 0.569. The van der Waals surface area contributed by atoms with Crippen LogP contribution in [0.4, 0.5) is 5.82 Å². The van der Waals surface area contributed by atoms with Gasteiger partial charge in [-0.3, -0.25) is 0 Å². The number of aromatic nitrogens is 1. The number of hydrogen-bond donors (Lipinski definition) is 1. The third-order valence-electron chi connectivity index (χ3n) is 1.31. The van der Waals surface area contributed by atoms with Gasteiger partial charge >= 0.3 is 0 Å². The van der Waals surface area contributed by atoms with Crippen LogP contribution in [0.5, 0.6) is 0 Å². The molecule has 0 aliphatic rings. The van der Waals surface area contributed by atoms with E-state index in [-0.39, 0.29) is 0 Å². The van der Waals surface area contributed by atoms with E-state index in [4.69, 9.17) is 17.3 Å². The molecule has 0 unspecified atom stereocenters. The lowest BCUT2D eigenvalue weighted by atomic mass is 10.5. The lowest BCUT2D eigenvalue weighted by molar-refractivity contribution is 1.43. The molecule has 0 aromatic carbocycles. The first-order valence-electron chi connectivity index (χ1n) is 3.22. The highest BCUT2D eigenvalue weighted by molar-refractivity contribution is 7.23. The van der Waals surface area contributed by atoms with Gasteiger partial charge in [-0.05, 0) is 12.1 Å². The van der Waals surface area contributed by atoms with Gasteiger partial charge in [0.1, 0.15) is 10.8 Å². The van der Waals surface area contributed by atoms with Crippen molar-refractivity contribution in [2.45, 2.75) is 0 Å². The molecule has 2 rings (SSSR count). The molecule has 2 aromatic heterocycles. The third-order valence-corrected chi connectivity index (χ3v) is 3.57. The van der Waals surface area contributed by atoms with Gasteiger partial charge < -0.3 is 5.73 Å². The zero-order valence-corrected chi connectivity index (χ0v) is 8.34. The molecule has 0 spiro atoms. The van der Waals surface area contributed by atoms with E-state index in [9.17, 15) is 0 Å². The fraction of sp³-hybridized carbons (Fsp3) is 0. The normalized spacial score (nSPS) is 10.4. The van der Waals surface area contributed by atoms with Gasteiger partial charge in [-0.1, -0.05) is 11.6 Å². The average Bonchev–Trinajstić information content (AvgIpc) is 2.58. The molecule has 0 aliphatic carbocycles. The van der Waals surface area contributed by atoms with Crippen LogP contribution in [0.25, 0.3) is 9.88 Å². The molecule has 0 saturated carbocycles. The predicted octanol–water partition coefficient (Wildman–Crippen LogP) is 3.11. The van der Waals surface area contributed by atoms with E-state index < -0.39 is 0 Å². The molecule has 62 valence electrons. The number of halogens is 1. The Bertz CT molecular complexity index is 355. The van der Waals surface area contributed by atoms with Crippen LogP contribution >= 0.6 is 34.3 Å². The summed E-state index contributed by atoms with van der Waals surface area (Å²) in [6.07, 6.45) is 0. The summed E-state index contributed by atoms with van der Waals surface area (Å²) in [5, 5.41) is 2.76. The predicted molar refractivity (Wildman–Crippen MR) is 54.8 cm³/mol. The van der Waals surface area contributed by atoms with Crippen LogP contribution in [-0.4, -0.2) is 4.98 Å². The molecule has 2 aromatic rings. The second-order valence-corrected chi connectivity index (χ2v) is 4.75. The highest BCUT2D eigenvalue weighted by Crippen LogP contribution is 2.33. The van der Waals surface area contributed by atoms with Gasteiger partial charge in [-0.2, -0.15) is 0 Å². The lowest BCUT2D eigenvalue weighted by Crippen LogP contribution is -1.81. The zero-order valence-electron chi connectivity index (χ0n) is 5.95. The van der Waals surface area contributed by atoms with Crippen LogP contribution in [0.15, 0.2) is 17.5 Å². The maximum atomic E-state index is 5.78. The Morgan fingerprint density at radius 1 is 1.42 bits per heavy atom. The van der Waals surface area contributed by atoms with Crippen molar-refractivity contribution in [2.75, 3.05) is 5.73 Å². The van der Waals surface area contributed by atoms with E-state index in [1.54, 1.807) is 0 Å². The van der Waals surface area contributed by atoms with Gasteiger partial charge in [0, 0.05) is 5.38 Å². The first kappa shape index (κ1) is 8.04. The molecule has 0 aliphatic heterocycles. The van der Waals surface area contributed by atoms with E-state index in [1.807, 2.05) is 17.5 Å². The topological polar surface area (TPSA) is 38.9 Å². The molecule has 5 heteroatoms. The van der Waals surface area contributed by atoms with Crippen LogP contribution in [0.2, 0.25) is 4.34 Å². The van der Waals surface area contributed by atoms with Crippen molar-refractivity contribution >= 4 is 40.1 Å². The molecular formula is C7H5ClN2S2. The third kappa shape index (κ3) is 1.46. The fourth-order valence-corrected chi connectivity index (χ4v) is 2.65. The summed E-state index contributed by atoms with van der Waals surface area (Å²) >= 11 is 8.82. The van der Waals surface area contributed by atoms with Crippen LogP contribution in [0.1, 0.15) is 0 Å². The summed E-state index contributed by atoms with van der Waals surface area (Å²) in [6.45, 7) is 0. The Hall–Kier alpha value is -0.580. The van der Waals surface area contributed by atoms with Gasteiger partial charge in [0.2, 0.25) is 0 Å². The SMILES string of the molecule is Nc1csc(-c2ccc(Cl)s2)n1. The van der Waals surface area contributed by atoms with Crippen molar-refractivity contribution < 1.29 is 0 Å². The number of thiophene rings is 1. The van der Waals surface area contributed by atoms with Gasteiger partial charge in [0.15, 0.2) is 0 Å². The number of nitrogens with two attached hydrogens (primary N) is 1. The molecule has 2 nitrogen and oxygen atoms in total. The number of anilines is 1. The first-order chi connectivity index (χ1) is 5.75. The molecule has 0 atom stereocenters. The monoisotopic (exact) mass is 216 g/mol. The Labute approximate surface area is 82.6 Å². The quantitative estimate of drug-likeness (QED) is 0.796. The number of hydrogen-bond acceptors (Lipinski definition) is 4. The van der Waals surface area contributed by atoms with E-state index >= 15 is 0 Å². The fourth-order valence-electron chi connectivity index (χ4n) is 0.829. The number of rotatable bonds is 1. The molecule has 2 heterocycles. The van der Waals surface area contributed by atoms with Crippen LogP contribution in [0, 0.1) is 0 Å². The van der Waals surface area contributed by atoms with Crippen molar-refractivity contribution in [2.24, 2.45) is 0 Å². The standard InChI is InChI=1S/C7H5ClN2S2/c8-5-2-1-4(12-5)7-10-6(9)3-11-7/h1-3H,9H2. The van der Waals surface area contributed by atoms with Gasteiger partial charge in [-0.25, -0.2) is 4.98 Å². The Morgan fingerprint density at radius 3 is 2.75 bits per heavy atom. The molecule has 0 saturated heterocycles. The minimum atomic E-state index is 0.569. The highest BCUT2D eigenvalue weighted by Gasteiger charge is 2.04. The summed E-state index contributed by atoms with van der Waals surface area (Å²) in [6, 6.07) is 3.81. The molecule has 2 N–H and O–H groups in total. The largest absolute Gasteiger partial charge is 0.383 e. The van der Waals surface area contributed by atoms with Crippen molar-refractivity contribution in [1.29, 1.82) is 0 Å².